The molecular weight excluding hydrogens is 414 g/mol. The minimum absolute atomic E-state index is 0.339. The van der Waals surface area contributed by atoms with Crippen LogP contribution in [0.3, 0.4) is 0 Å². The van der Waals surface area contributed by atoms with E-state index in [0.29, 0.717) is 77.1 Å². The maximum absolute atomic E-state index is 12.2. The van der Waals surface area contributed by atoms with Gasteiger partial charge < -0.3 is 24.8 Å². The van der Waals surface area contributed by atoms with E-state index in [1.165, 1.54) is 0 Å². The smallest absolute Gasteiger partial charge is 0.258 e. The minimum atomic E-state index is -0.351. The average molecular weight is 450 g/mol. The third-order valence-electron chi connectivity index (χ3n) is 4.95. The highest BCUT2D eigenvalue weighted by Crippen LogP contribution is 2.24. The van der Waals surface area contributed by atoms with Gasteiger partial charge in [0.1, 0.15) is 6.67 Å². The van der Waals surface area contributed by atoms with E-state index < -0.39 is 0 Å². The Balaban J connectivity index is 1.69. The monoisotopic (exact) mass is 449 g/mol. The molecule has 3 N–H and O–H groups in total. The van der Waals surface area contributed by atoms with Gasteiger partial charge in [-0.1, -0.05) is 6.08 Å². The maximum atomic E-state index is 12.2. The number of nitrogens with zero attached hydrogens (tertiary/aromatic N) is 3. The first-order valence-corrected chi connectivity index (χ1v) is 10.8. The Bertz CT molecular complexity index is 747. The Morgan fingerprint density at radius 2 is 1.78 bits per heavy atom. The summed E-state index contributed by atoms with van der Waals surface area (Å²) in [6.45, 7) is 7.15. The van der Waals surface area contributed by atoms with Crippen molar-refractivity contribution in [2.75, 3.05) is 73.1 Å². The molecule has 2 aliphatic heterocycles. The number of carbonyl (C=O) groups is 2. The van der Waals surface area contributed by atoms with Crippen molar-refractivity contribution in [1.82, 2.24) is 15.1 Å². The standard InChI is InChI=1S/C22H35N5O5/c1-18-20(22(29)25-21(18)28)19-5-3-4-6-24-17-27(15-19)8-10-31-12-14-32-13-11-30-9-7-26(2)16-23/h3-4,6,15H,5,7-14,16-17,23H2,1-2H3,(H,25,28,29)/b4-3-,19-15+,24-6-. The zero-order valence-electron chi connectivity index (χ0n) is 19.0. The van der Waals surface area contributed by atoms with Crippen LogP contribution in [0, 0.1) is 0 Å². The molecule has 0 radical (unpaired) electrons. The molecule has 0 spiro atoms. The van der Waals surface area contributed by atoms with Crippen LogP contribution in [0.15, 0.2) is 40.1 Å². The molecule has 0 bridgehead atoms. The Labute approximate surface area is 189 Å². The first-order valence-electron chi connectivity index (χ1n) is 10.8. The predicted octanol–water partition coefficient (Wildman–Crippen LogP) is 0.0312. The molecule has 2 rings (SSSR count). The van der Waals surface area contributed by atoms with Gasteiger partial charge in [0.15, 0.2) is 0 Å². The second kappa shape index (κ2) is 14.6. The lowest BCUT2D eigenvalue weighted by Gasteiger charge is -2.20. The average Bonchev–Trinajstić information content (AvgIpc) is 3.09. The van der Waals surface area contributed by atoms with Crippen LogP contribution < -0.4 is 11.1 Å². The number of likely N-dealkylation sites (N-methyl/N-ethyl adjacent to an activating group) is 1. The van der Waals surface area contributed by atoms with Gasteiger partial charge in [-0.05, 0) is 32.0 Å². The van der Waals surface area contributed by atoms with Crippen molar-refractivity contribution in [3.05, 3.63) is 35.1 Å². The number of carbonyl (C=O) groups excluding carboxylic acids is 2. The van der Waals surface area contributed by atoms with E-state index in [-0.39, 0.29) is 11.8 Å². The lowest BCUT2D eigenvalue weighted by Crippen LogP contribution is -2.29. The van der Waals surface area contributed by atoms with Gasteiger partial charge in [-0.15, -0.1) is 0 Å². The molecule has 32 heavy (non-hydrogen) atoms. The van der Waals surface area contributed by atoms with Crippen LogP contribution in [0.1, 0.15) is 13.3 Å². The number of aliphatic imine (C=N–C) groups is 1. The van der Waals surface area contributed by atoms with Crippen LogP contribution in [-0.4, -0.2) is 101 Å². The van der Waals surface area contributed by atoms with Crippen LogP contribution in [-0.2, 0) is 23.8 Å². The van der Waals surface area contributed by atoms with E-state index >= 15 is 0 Å². The van der Waals surface area contributed by atoms with Gasteiger partial charge in [0.25, 0.3) is 11.8 Å². The van der Waals surface area contributed by atoms with Crippen LogP contribution >= 0.6 is 0 Å². The second-order valence-electron chi connectivity index (χ2n) is 7.45. The molecule has 10 nitrogen and oxygen atoms in total. The van der Waals surface area contributed by atoms with Gasteiger partial charge in [0.05, 0.1) is 45.2 Å². The van der Waals surface area contributed by atoms with Crippen molar-refractivity contribution in [3.8, 4) is 0 Å². The Hall–Kier alpha value is -2.37. The molecule has 0 aliphatic carbocycles. The number of amides is 2. The first-order chi connectivity index (χ1) is 15.5. The molecule has 10 heteroatoms. The van der Waals surface area contributed by atoms with Gasteiger partial charge in [0, 0.05) is 37.7 Å². The number of hydrogen-bond acceptors (Lipinski definition) is 9. The minimum Gasteiger partial charge on any atom is -0.378 e. The summed E-state index contributed by atoms with van der Waals surface area (Å²) in [7, 11) is 1.94. The van der Waals surface area contributed by atoms with Gasteiger partial charge in [-0.25, -0.2) is 0 Å². The summed E-state index contributed by atoms with van der Waals surface area (Å²) in [5.74, 6) is -0.690. The number of imide groups is 1. The zero-order chi connectivity index (χ0) is 23.2. The topological polar surface area (TPSA) is 119 Å². The normalized spacial score (nSPS) is 20.6. The summed E-state index contributed by atoms with van der Waals surface area (Å²) in [6.07, 6.45) is 7.92. The third-order valence-corrected chi connectivity index (χ3v) is 4.95. The molecule has 0 saturated heterocycles. The summed E-state index contributed by atoms with van der Waals surface area (Å²) >= 11 is 0. The number of ether oxygens (including phenoxy) is 3. The summed E-state index contributed by atoms with van der Waals surface area (Å²) in [6, 6.07) is 0. The molecule has 2 heterocycles. The van der Waals surface area contributed by atoms with E-state index in [1.807, 2.05) is 35.2 Å². The highest BCUT2D eigenvalue weighted by Gasteiger charge is 2.29. The van der Waals surface area contributed by atoms with Gasteiger partial charge in [0.2, 0.25) is 0 Å². The van der Waals surface area contributed by atoms with Crippen LogP contribution in [0.2, 0.25) is 0 Å². The zero-order valence-corrected chi connectivity index (χ0v) is 19.0. The number of nitrogens with one attached hydrogen (secondary N) is 1. The Morgan fingerprint density at radius 3 is 2.44 bits per heavy atom. The fourth-order valence-corrected chi connectivity index (χ4v) is 3.05. The molecule has 0 aromatic carbocycles. The van der Waals surface area contributed by atoms with Crippen LogP contribution in [0.25, 0.3) is 0 Å². The number of rotatable bonds is 14. The van der Waals surface area contributed by atoms with E-state index in [0.717, 1.165) is 12.1 Å². The highest BCUT2D eigenvalue weighted by molar-refractivity contribution is 6.21. The summed E-state index contributed by atoms with van der Waals surface area (Å²) in [4.78, 5) is 32.3. The number of allylic oxidation sites excluding steroid dienone is 2. The number of hydrogen-bond donors (Lipinski definition) is 2. The quantitative estimate of drug-likeness (QED) is 0.217. The van der Waals surface area contributed by atoms with Crippen molar-refractivity contribution in [1.29, 1.82) is 0 Å². The lowest BCUT2D eigenvalue weighted by molar-refractivity contribution is -0.124. The lowest BCUT2D eigenvalue weighted by atomic mass is 10.00. The molecular formula is C22H35N5O5. The number of nitrogens with two attached hydrogens (primary N) is 1. The van der Waals surface area contributed by atoms with E-state index in [2.05, 4.69) is 10.3 Å². The fourth-order valence-electron chi connectivity index (χ4n) is 3.05. The summed E-state index contributed by atoms with van der Waals surface area (Å²) < 4.78 is 16.6. The largest absolute Gasteiger partial charge is 0.378 e. The molecule has 178 valence electrons. The van der Waals surface area contributed by atoms with Crippen molar-refractivity contribution < 1.29 is 23.8 Å². The van der Waals surface area contributed by atoms with Crippen LogP contribution in [0.4, 0.5) is 0 Å². The van der Waals surface area contributed by atoms with E-state index in [1.54, 1.807) is 13.1 Å². The second-order valence-corrected chi connectivity index (χ2v) is 7.45. The molecule has 2 amide bonds. The van der Waals surface area contributed by atoms with Crippen molar-refractivity contribution in [3.63, 3.8) is 0 Å². The molecule has 2 aliphatic rings. The molecule has 0 fully saturated rings. The van der Waals surface area contributed by atoms with Crippen molar-refractivity contribution >= 4 is 18.0 Å². The van der Waals surface area contributed by atoms with E-state index in [4.69, 9.17) is 19.9 Å². The van der Waals surface area contributed by atoms with Crippen LogP contribution in [0.5, 0.6) is 0 Å². The predicted molar refractivity (Wildman–Crippen MR) is 122 cm³/mol. The summed E-state index contributed by atoms with van der Waals surface area (Å²) in [5.41, 5.74) is 7.17. The molecule has 0 unspecified atom stereocenters. The fraction of sp³-hybridized carbons (Fsp3) is 0.591. The van der Waals surface area contributed by atoms with Crippen molar-refractivity contribution in [2.24, 2.45) is 10.7 Å². The molecule has 0 atom stereocenters. The first kappa shape index (κ1) is 25.9. The molecule has 0 aromatic rings. The maximum Gasteiger partial charge on any atom is 0.258 e. The van der Waals surface area contributed by atoms with Gasteiger partial charge in [-0.2, -0.15) is 0 Å². The highest BCUT2D eigenvalue weighted by atomic mass is 16.5. The summed E-state index contributed by atoms with van der Waals surface area (Å²) in [5, 5.41) is 2.35. The van der Waals surface area contributed by atoms with Crippen molar-refractivity contribution in [2.45, 2.75) is 13.3 Å². The Morgan fingerprint density at radius 1 is 1.09 bits per heavy atom. The molecule has 0 saturated carbocycles. The van der Waals surface area contributed by atoms with E-state index in [9.17, 15) is 9.59 Å². The van der Waals surface area contributed by atoms with Gasteiger partial charge >= 0.3 is 0 Å². The Kier molecular flexibility index (Phi) is 11.8. The third kappa shape index (κ3) is 9.01. The van der Waals surface area contributed by atoms with Gasteiger partial charge in [-0.3, -0.25) is 24.8 Å². The SMILES string of the molecule is CC1=C(/C2=C/N(CCOCCOCCOCCN(C)CN)C/N=C\C=C/C2)C(=O)NC1=O. The molecule has 0 aromatic heterocycles.